The van der Waals surface area contributed by atoms with Gasteiger partial charge in [-0.15, -0.1) is 0 Å². The lowest BCUT2D eigenvalue weighted by Crippen LogP contribution is -2.02. The van der Waals surface area contributed by atoms with Crippen LogP contribution in [-0.2, 0) is 11.2 Å². The summed E-state index contributed by atoms with van der Waals surface area (Å²) in [5.41, 5.74) is 1.62. The Labute approximate surface area is 96.1 Å². The zero-order valence-corrected chi connectivity index (χ0v) is 9.12. The van der Waals surface area contributed by atoms with E-state index in [1.54, 1.807) is 13.2 Å². The van der Waals surface area contributed by atoms with E-state index in [1.807, 2.05) is 18.2 Å². The molecule has 8 heteroatoms. The number of hydrogen-bond donors (Lipinski definition) is 0. The zero-order valence-electron chi connectivity index (χ0n) is 9.12. The topological polar surface area (TPSA) is 37.4 Å². The van der Waals surface area contributed by atoms with Gasteiger partial charge in [-0.3, -0.25) is 0 Å². The van der Waals surface area contributed by atoms with Crippen molar-refractivity contribution in [3.63, 3.8) is 0 Å². The van der Waals surface area contributed by atoms with Gasteiger partial charge in [-0.05, 0) is 0 Å². The summed E-state index contributed by atoms with van der Waals surface area (Å²) in [5.74, 6) is 0. The summed E-state index contributed by atoms with van der Waals surface area (Å²) in [4.78, 5) is 3.17. The van der Waals surface area contributed by atoms with Gasteiger partial charge in [0.2, 0.25) is 5.39 Å². The van der Waals surface area contributed by atoms with Crippen molar-refractivity contribution in [2.24, 2.45) is 0 Å². The molecule has 3 nitrogen and oxygen atoms in total. The molecule has 0 heterocycles. The van der Waals surface area contributed by atoms with Crippen LogP contribution in [0.2, 0.25) is 0 Å². The number of methoxy groups -OCH3 is 1. The molecule has 0 bridgehead atoms. The van der Waals surface area contributed by atoms with Crippen molar-refractivity contribution in [2.75, 3.05) is 13.7 Å². The standard InChI is InChI=1S/C9H11N2O.BF4/c1-12-7-6-8-4-2-3-5-9(8)11-10;2-1(3,4)5/h2-5H,6-7H2,1H3;/q+1;-1. The molecule has 17 heavy (non-hydrogen) atoms. The largest absolute Gasteiger partial charge is 0.673 e. The third-order valence-electron chi connectivity index (χ3n) is 1.67. The maximum atomic E-state index is 9.75. The van der Waals surface area contributed by atoms with Crippen LogP contribution < -0.4 is 0 Å². The molecule has 0 unspecified atom stereocenters. The van der Waals surface area contributed by atoms with Gasteiger partial charge in [0.1, 0.15) is 0 Å². The Balaban J connectivity index is 0.000000437. The maximum Gasteiger partial charge on any atom is 0.673 e. The highest BCUT2D eigenvalue weighted by Crippen LogP contribution is 2.18. The van der Waals surface area contributed by atoms with E-state index < -0.39 is 7.25 Å². The fourth-order valence-corrected chi connectivity index (χ4v) is 1.03. The second-order valence-corrected chi connectivity index (χ2v) is 2.97. The van der Waals surface area contributed by atoms with Crippen molar-refractivity contribution in [3.05, 3.63) is 34.8 Å². The first kappa shape index (κ1) is 15.4. The van der Waals surface area contributed by atoms with Gasteiger partial charge in [0, 0.05) is 25.2 Å². The predicted octanol–water partition coefficient (Wildman–Crippen LogP) is 3.66. The van der Waals surface area contributed by atoms with Crippen molar-refractivity contribution in [2.45, 2.75) is 6.42 Å². The average Bonchev–Trinajstić information content (AvgIpc) is 2.24. The molecule has 0 atom stereocenters. The zero-order chi connectivity index (χ0) is 13.3. The molecule has 0 fully saturated rings. The molecule has 1 aromatic rings. The van der Waals surface area contributed by atoms with E-state index in [2.05, 4.69) is 4.98 Å². The summed E-state index contributed by atoms with van der Waals surface area (Å²) >= 11 is 0. The Morgan fingerprint density at radius 3 is 2.24 bits per heavy atom. The summed E-state index contributed by atoms with van der Waals surface area (Å²) in [5, 5.41) is 8.60. The van der Waals surface area contributed by atoms with Crippen LogP contribution in [0.5, 0.6) is 0 Å². The molecule has 0 saturated heterocycles. The molecular formula is C9H11BF4N2O. The molecule has 0 aromatic heterocycles. The van der Waals surface area contributed by atoms with Crippen LogP contribution in [0.3, 0.4) is 0 Å². The van der Waals surface area contributed by atoms with Crippen molar-refractivity contribution >= 4 is 12.9 Å². The molecule has 0 N–H and O–H groups in total. The smallest absolute Gasteiger partial charge is 0.418 e. The molecule has 0 aliphatic carbocycles. The van der Waals surface area contributed by atoms with Crippen molar-refractivity contribution in [1.29, 1.82) is 5.39 Å². The summed E-state index contributed by atoms with van der Waals surface area (Å²) in [6.45, 7) is 0.645. The molecule has 94 valence electrons. The number of diazo groups is 1. The number of rotatable bonds is 3. The Morgan fingerprint density at radius 1 is 1.24 bits per heavy atom. The minimum Gasteiger partial charge on any atom is -0.418 e. The Hall–Kier alpha value is -1.62. The molecule has 0 aliphatic heterocycles. The average molecular weight is 250 g/mol. The van der Waals surface area contributed by atoms with Crippen molar-refractivity contribution < 1.29 is 22.0 Å². The normalized spacial score (nSPS) is 10.1. The van der Waals surface area contributed by atoms with Crippen LogP contribution in [0.4, 0.5) is 23.0 Å². The molecule has 0 aliphatic rings. The molecule has 0 saturated carbocycles. The summed E-state index contributed by atoms with van der Waals surface area (Å²) < 4.78 is 43.9. The number of benzene rings is 1. The maximum absolute atomic E-state index is 9.75. The minimum absolute atomic E-state index is 0.620. The monoisotopic (exact) mass is 250 g/mol. The first-order valence-electron chi connectivity index (χ1n) is 4.67. The van der Waals surface area contributed by atoms with E-state index in [0.29, 0.717) is 12.3 Å². The van der Waals surface area contributed by atoms with Crippen LogP contribution in [0.1, 0.15) is 5.56 Å². The molecule has 0 spiro atoms. The van der Waals surface area contributed by atoms with Crippen molar-refractivity contribution in [3.8, 4) is 0 Å². The SMILES string of the molecule is COCCc1ccccc1[N+]#N.F[B-](F)(F)F. The quantitative estimate of drug-likeness (QED) is 0.466. The third-order valence-corrected chi connectivity index (χ3v) is 1.67. The van der Waals surface area contributed by atoms with Crippen LogP contribution in [0, 0.1) is 5.39 Å². The van der Waals surface area contributed by atoms with Gasteiger partial charge in [-0.1, -0.05) is 18.2 Å². The van der Waals surface area contributed by atoms with Gasteiger partial charge in [-0.25, -0.2) is 0 Å². The van der Waals surface area contributed by atoms with Crippen LogP contribution >= 0.6 is 0 Å². The van der Waals surface area contributed by atoms with Gasteiger partial charge >= 0.3 is 12.9 Å². The first-order chi connectivity index (χ1) is 7.88. The number of hydrogen-bond acceptors (Lipinski definition) is 2. The van der Waals surface area contributed by atoms with E-state index in [1.165, 1.54) is 0 Å². The Bertz CT molecular complexity index is 372. The first-order valence-corrected chi connectivity index (χ1v) is 4.67. The van der Waals surface area contributed by atoms with E-state index in [0.717, 1.165) is 12.0 Å². The predicted molar refractivity (Wildman–Crippen MR) is 57.0 cm³/mol. The molecule has 0 radical (unpaired) electrons. The van der Waals surface area contributed by atoms with Gasteiger partial charge in [0.15, 0.2) is 4.98 Å². The lowest BCUT2D eigenvalue weighted by molar-refractivity contribution is 0.202. The second-order valence-electron chi connectivity index (χ2n) is 2.97. The van der Waals surface area contributed by atoms with Crippen LogP contribution in [0.25, 0.3) is 4.98 Å². The summed E-state index contributed by atoms with van der Waals surface area (Å²) in [6, 6.07) is 7.45. The van der Waals surface area contributed by atoms with E-state index >= 15 is 0 Å². The fraction of sp³-hybridized carbons (Fsp3) is 0.333. The fourth-order valence-electron chi connectivity index (χ4n) is 1.03. The Kier molecular flexibility index (Phi) is 6.90. The second kappa shape index (κ2) is 7.62. The number of nitrogens with zero attached hydrogens (tertiary/aromatic N) is 2. The van der Waals surface area contributed by atoms with Crippen LogP contribution in [-0.4, -0.2) is 21.0 Å². The minimum atomic E-state index is -6.00. The van der Waals surface area contributed by atoms with Gasteiger partial charge in [0.05, 0.1) is 6.61 Å². The lowest BCUT2D eigenvalue weighted by atomic mass is 10.1. The third kappa shape index (κ3) is 9.32. The molecule has 0 amide bonds. The highest BCUT2D eigenvalue weighted by atomic mass is 19.5. The molecule has 1 aromatic carbocycles. The van der Waals surface area contributed by atoms with E-state index in [4.69, 9.17) is 10.1 Å². The van der Waals surface area contributed by atoms with Gasteiger partial charge in [-0.2, -0.15) is 0 Å². The Morgan fingerprint density at radius 2 is 1.76 bits per heavy atom. The molecular weight excluding hydrogens is 239 g/mol. The van der Waals surface area contributed by atoms with E-state index in [9.17, 15) is 17.3 Å². The highest BCUT2D eigenvalue weighted by molar-refractivity contribution is 6.50. The van der Waals surface area contributed by atoms with Crippen LogP contribution in [0.15, 0.2) is 24.3 Å². The number of ether oxygens (including phenoxy) is 1. The van der Waals surface area contributed by atoms with Gasteiger partial charge < -0.3 is 22.0 Å². The molecule has 1 rings (SSSR count). The highest BCUT2D eigenvalue weighted by Gasteiger charge is 2.20. The summed E-state index contributed by atoms with van der Waals surface area (Å²) in [7, 11) is -4.35. The van der Waals surface area contributed by atoms with Crippen molar-refractivity contribution in [1.82, 2.24) is 0 Å². The van der Waals surface area contributed by atoms with E-state index in [-0.39, 0.29) is 0 Å². The summed E-state index contributed by atoms with van der Waals surface area (Å²) in [6.07, 6.45) is 0.775. The number of halogens is 4. The van der Waals surface area contributed by atoms with Gasteiger partial charge in [0.25, 0.3) is 0 Å². The lowest BCUT2D eigenvalue weighted by Gasteiger charge is -1.95.